The first-order valence-corrected chi connectivity index (χ1v) is 14.4. The zero-order valence-electron chi connectivity index (χ0n) is 24.6. The van der Waals surface area contributed by atoms with Crippen molar-refractivity contribution in [2.45, 2.75) is 39.7 Å². The quantitative estimate of drug-likeness (QED) is 0.225. The number of fused-ring (bicyclic) bond motifs is 1. The Hall–Kier alpha value is -4.40. The molecule has 216 valence electrons. The third-order valence-corrected chi connectivity index (χ3v) is 7.65. The maximum Gasteiger partial charge on any atom is 0.324 e. The van der Waals surface area contributed by atoms with Crippen LogP contribution in [0, 0.1) is 6.92 Å². The predicted molar refractivity (Wildman–Crippen MR) is 167 cm³/mol. The van der Waals surface area contributed by atoms with E-state index < -0.39 is 0 Å². The van der Waals surface area contributed by atoms with E-state index >= 15 is 0 Å². The highest BCUT2D eigenvalue weighted by molar-refractivity contribution is 6.09. The highest BCUT2D eigenvalue weighted by Crippen LogP contribution is 2.35. The fourth-order valence-electron chi connectivity index (χ4n) is 5.30. The van der Waals surface area contributed by atoms with E-state index in [-0.39, 0.29) is 11.4 Å². The molecule has 0 aliphatic carbocycles. The Kier molecular flexibility index (Phi) is 7.58. The number of amides is 2. The van der Waals surface area contributed by atoms with Crippen LogP contribution in [-0.4, -0.2) is 47.0 Å². The van der Waals surface area contributed by atoms with Gasteiger partial charge in [0.1, 0.15) is 17.3 Å². The largest absolute Gasteiger partial charge is 0.460 e. The van der Waals surface area contributed by atoms with E-state index in [0.29, 0.717) is 11.5 Å². The molecule has 0 bridgehead atoms. The number of para-hydroxylation sites is 1. The number of aryl methyl sites for hydroxylation is 1. The molecule has 1 fully saturated rings. The van der Waals surface area contributed by atoms with Gasteiger partial charge in [0.15, 0.2) is 0 Å². The average Bonchev–Trinajstić information content (AvgIpc) is 3.61. The first-order valence-electron chi connectivity index (χ1n) is 14.4. The molecule has 8 nitrogen and oxygen atoms in total. The van der Waals surface area contributed by atoms with Gasteiger partial charge in [-0.15, -0.1) is 0 Å². The summed E-state index contributed by atoms with van der Waals surface area (Å²) in [4.78, 5) is 15.7. The summed E-state index contributed by atoms with van der Waals surface area (Å²) in [5.41, 5.74) is 4.40. The number of urea groups is 1. The van der Waals surface area contributed by atoms with Crippen molar-refractivity contribution < 1.29 is 13.9 Å². The van der Waals surface area contributed by atoms with Crippen LogP contribution in [0.5, 0.6) is 0 Å². The SMILES string of the molecule is Cc1ccccc1-n1nc(C(C)(C)C)cc1NC(=O)Nc1ccc(-c2ccc(CN3CCOCC3)o2)c2ccccc12. The third-order valence-electron chi connectivity index (χ3n) is 7.65. The molecule has 1 aliphatic heterocycles. The molecule has 3 heterocycles. The number of benzene rings is 3. The molecular formula is C34H37N5O3. The first-order chi connectivity index (χ1) is 20.3. The molecule has 0 saturated carbocycles. The van der Waals surface area contributed by atoms with Gasteiger partial charge < -0.3 is 14.5 Å². The molecule has 8 heteroatoms. The standard InChI is InChI=1S/C34H37N5O3/c1-23-9-5-8-12-29(23)39-32(21-31(37-39)34(2,3)4)36-33(40)35-28-15-14-27(25-10-6-7-11-26(25)28)30-16-13-24(42-30)22-38-17-19-41-20-18-38/h5-16,21H,17-20,22H2,1-4H3,(H2,35,36,40). The monoisotopic (exact) mass is 563 g/mol. The lowest BCUT2D eigenvalue weighted by molar-refractivity contribution is 0.0314. The Morgan fingerprint density at radius 2 is 1.64 bits per heavy atom. The zero-order valence-corrected chi connectivity index (χ0v) is 24.6. The van der Waals surface area contributed by atoms with Crippen LogP contribution in [0.2, 0.25) is 0 Å². The number of nitrogens with one attached hydrogen (secondary N) is 2. The number of nitrogens with zero attached hydrogens (tertiary/aromatic N) is 3. The number of furan rings is 1. The molecule has 0 unspecified atom stereocenters. The van der Waals surface area contributed by atoms with Crippen molar-refractivity contribution >= 4 is 28.3 Å². The summed E-state index contributed by atoms with van der Waals surface area (Å²) in [5.74, 6) is 2.34. The molecule has 5 aromatic rings. The van der Waals surface area contributed by atoms with Crippen molar-refractivity contribution in [1.82, 2.24) is 14.7 Å². The molecule has 42 heavy (non-hydrogen) atoms. The van der Waals surface area contributed by atoms with E-state index in [9.17, 15) is 4.79 Å². The Balaban J connectivity index is 1.26. The Morgan fingerprint density at radius 1 is 0.905 bits per heavy atom. The van der Waals surface area contributed by atoms with E-state index in [2.05, 4.69) is 42.4 Å². The van der Waals surface area contributed by atoms with Gasteiger partial charge in [0.2, 0.25) is 0 Å². The second-order valence-electron chi connectivity index (χ2n) is 11.8. The molecule has 6 rings (SSSR count). The van der Waals surface area contributed by atoms with Crippen LogP contribution in [-0.2, 0) is 16.7 Å². The summed E-state index contributed by atoms with van der Waals surface area (Å²) in [5, 5.41) is 12.9. The second kappa shape index (κ2) is 11.5. The van der Waals surface area contributed by atoms with Gasteiger partial charge >= 0.3 is 6.03 Å². The number of anilines is 2. The van der Waals surface area contributed by atoms with Gasteiger partial charge in [-0.05, 0) is 48.2 Å². The molecule has 1 saturated heterocycles. The number of carbonyl (C=O) groups excluding carboxylic acids is 1. The number of rotatable bonds is 6. The molecular weight excluding hydrogens is 526 g/mol. The Bertz CT molecular complexity index is 1720. The number of ether oxygens (including phenoxy) is 1. The minimum atomic E-state index is -0.339. The lowest BCUT2D eigenvalue weighted by Gasteiger charge is -2.25. The van der Waals surface area contributed by atoms with Crippen LogP contribution in [0.25, 0.3) is 27.8 Å². The van der Waals surface area contributed by atoms with Crippen molar-refractivity contribution in [1.29, 1.82) is 0 Å². The first kappa shape index (κ1) is 27.8. The highest BCUT2D eigenvalue weighted by Gasteiger charge is 2.22. The van der Waals surface area contributed by atoms with Gasteiger partial charge in [-0.25, -0.2) is 9.48 Å². The van der Waals surface area contributed by atoms with E-state index in [1.165, 1.54) is 0 Å². The fraction of sp³-hybridized carbons (Fsp3) is 0.294. The van der Waals surface area contributed by atoms with Gasteiger partial charge in [-0.1, -0.05) is 63.2 Å². The van der Waals surface area contributed by atoms with Crippen LogP contribution in [0.4, 0.5) is 16.3 Å². The van der Waals surface area contributed by atoms with Crippen LogP contribution in [0.15, 0.2) is 83.3 Å². The highest BCUT2D eigenvalue weighted by atomic mass is 16.5. The minimum absolute atomic E-state index is 0.180. The number of aromatic nitrogens is 2. The molecule has 0 spiro atoms. The van der Waals surface area contributed by atoms with Crippen molar-refractivity contribution in [2.24, 2.45) is 0 Å². The van der Waals surface area contributed by atoms with Crippen LogP contribution in [0.3, 0.4) is 0 Å². The topological polar surface area (TPSA) is 84.6 Å². The van der Waals surface area contributed by atoms with Gasteiger partial charge in [-0.3, -0.25) is 10.2 Å². The molecule has 0 radical (unpaired) electrons. The number of carbonyl (C=O) groups is 1. The lowest BCUT2D eigenvalue weighted by atomic mass is 9.92. The molecule has 2 aromatic heterocycles. The van der Waals surface area contributed by atoms with Crippen molar-refractivity contribution in [3.63, 3.8) is 0 Å². The van der Waals surface area contributed by atoms with Crippen LogP contribution < -0.4 is 10.6 Å². The van der Waals surface area contributed by atoms with E-state index in [1.807, 2.05) is 84.4 Å². The van der Waals surface area contributed by atoms with Gasteiger partial charge in [0.25, 0.3) is 0 Å². The van der Waals surface area contributed by atoms with Crippen molar-refractivity contribution in [3.05, 3.63) is 95.9 Å². The summed E-state index contributed by atoms with van der Waals surface area (Å²) < 4.78 is 13.6. The predicted octanol–water partition coefficient (Wildman–Crippen LogP) is 7.37. The maximum absolute atomic E-state index is 13.4. The zero-order chi connectivity index (χ0) is 29.3. The Labute approximate surface area is 246 Å². The van der Waals surface area contributed by atoms with Crippen molar-refractivity contribution in [3.8, 4) is 17.0 Å². The number of hydrogen-bond donors (Lipinski definition) is 2. The summed E-state index contributed by atoms with van der Waals surface area (Å²) in [7, 11) is 0. The normalized spacial score (nSPS) is 14.3. The molecule has 0 atom stereocenters. The summed E-state index contributed by atoms with van der Waals surface area (Å²) in [6.07, 6.45) is 0. The molecule has 2 amide bonds. The van der Waals surface area contributed by atoms with E-state index in [4.69, 9.17) is 14.3 Å². The van der Waals surface area contributed by atoms with Gasteiger partial charge in [-0.2, -0.15) is 5.10 Å². The van der Waals surface area contributed by atoms with Crippen LogP contribution >= 0.6 is 0 Å². The Morgan fingerprint density at radius 3 is 2.40 bits per heavy atom. The third kappa shape index (κ3) is 5.82. The van der Waals surface area contributed by atoms with Crippen LogP contribution in [0.1, 0.15) is 37.8 Å². The summed E-state index contributed by atoms with van der Waals surface area (Å²) in [6, 6.07) is 25.7. The summed E-state index contributed by atoms with van der Waals surface area (Å²) in [6.45, 7) is 12.5. The molecule has 3 aromatic carbocycles. The average molecular weight is 564 g/mol. The van der Waals surface area contributed by atoms with Gasteiger partial charge in [0.05, 0.1) is 36.8 Å². The van der Waals surface area contributed by atoms with Crippen molar-refractivity contribution in [2.75, 3.05) is 36.9 Å². The van der Waals surface area contributed by atoms with Gasteiger partial charge in [0, 0.05) is 35.5 Å². The maximum atomic E-state index is 13.4. The number of morpholine rings is 1. The number of hydrogen-bond acceptors (Lipinski definition) is 5. The smallest absolute Gasteiger partial charge is 0.324 e. The summed E-state index contributed by atoms with van der Waals surface area (Å²) >= 11 is 0. The fourth-order valence-corrected chi connectivity index (χ4v) is 5.30. The molecule has 1 aliphatic rings. The molecule has 2 N–H and O–H groups in total. The lowest BCUT2D eigenvalue weighted by Crippen LogP contribution is -2.35. The van der Waals surface area contributed by atoms with E-state index in [0.717, 1.165) is 77.6 Å². The minimum Gasteiger partial charge on any atom is -0.460 e. The van der Waals surface area contributed by atoms with E-state index in [1.54, 1.807) is 0 Å². The second-order valence-corrected chi connectivity index (χ2v) is 11.8.